The third kappa shape index (κ3) is 9.56. The van der Waals surface area contributed by atoms with E-state index in [9.17, 15) is 4.79 Å². The van der Waals surface area contributed by atoms with Gasteiger partial charge >= 0.3 is 5.97 Å². The lowest BCUT2D eigenvalue weighted by molar-refractivity contribution is -0.154. The molecule has 0 unspecified atom stereocenters. The molecule has 0 rings (SSSR count). The highest BCUT2D eigenvalue weighted by atomic mass is 16.6. The Morgan fingerprint density at radius 3 is 2.14 bits per heavy atom. The molecule has 0 N–H and O–H groups in total. The van der Waals surface area contributed by atoms with Crippen molar-refractivity contribution in [2.24, 2.45) is 0 Å². The van der Waals surface area contributed by atoms with Crippen LogP contribution in [0.4, 0.5) is 0 Å². The first-order valence-corrected chi connectivity index (χ1v) is 5.67. The lowest BCUT2D eigenvalue weighted by atomic mass is 10.0. The summed E-state index contributed by atoms with van der Waals surface area (Å²) in [6, 6.07) is 0. The molecule has 0 radical (unpaired) electrons. The van der Waals surface area contributed by atoms with Gasteiger partial charge < -0.3 is 4.74 Å². The SMILES string of the molecule is CC(C)(C)OC(=O)CCCCCC[11CH3]. The van der Waals surface area contributed by atoms with Crippen molar-refractivity contribution in [2.75, 3.05) is 0 Å². The molecule has 0 aromatic heterocycles. The maximum Gasteiger partial charge on any atom is 0.306 e. The van der Waals surface area contributed by atoms with Crippen LogP contribution in [-0.2, 0) is 9.53 Å². The second-order valence-corrected chi connectivity index (χ2v) is 4.75. The molecule has 0 aliphatic heterocycles. The molecule has 0 saturated carbocycles. The Bertz CT molecular complexity index is 156. The molecule has 0 fully saturated rings. The number of carbonyl (C=O) groups excluding carboxylic acids is 1. The summed E-state index contributed by atoms with van der Waals surface area (Å²) in [5, 5.41) is 0. The van der Waals surface area contributed by atoms with Crippen molar-refractivity contribution >= 4 is 5.97 Å². The fourth-order valence-electron chi connectivity index (χ4n) is 1.27. The monoisotopic (exact) mass is 199 g/mol. The molecule has 14 heavy (non-hydrogen) atoms. The average molecular weight is 199 g/mol. The zero-order valence-electron chi connectivity index (χ0n) is 10.1. The van der Waals surface area contributed by atoms with Crippen LogP contribution in [0, 0.1) is 0 Å². The molecule has 0 spiro atoms. The van der Waals surface area contributed by atoms with Crippen molar-refractivity contribution in [2.45, 2.75) is 71.8 Å². The number of esters is 1. The van der Waals surface area contributed by atoms with E-state index in [-0.39, 0.29) is 11.6 Å². The standard InChI is InChI=1S/C12H24O2/c1-5-6-7-8-9-10-11(13)14-12(2,3)4/h5-10H2,1-4H3/i1-1. The van der Waals surface area contributed by atoms with Crippen LogP contribution in [-0.4, -0.2) is 11.6 Å². The molecular weight excluding hydrogens is 175 g/mol. The first-order valence-electron chi connectivity index (χ1n) is 5.67. The lowest BCUT2D eigenvalue weighted by Crippen LogP contribution is -2.23. The van der Waals surface area contributed by atoms with E-state index in [1.165, 1.54) is 19.3 Å². The van der Waals surface area contributed by atoms with Crippen LogP contribution in [0.3, 0.4) is 0 Å². The van der Waals surface area contributed by atoms with Crippen LogP contribution >= 0.6 is 0 Å². The van der Waals surface area contributed by atoms with E-state index in [1.807, 2.05) is 20.8 Å². The molecule has 0 amide bonds. The predicted molar refractivity (Wildman–Crippen MR) is 59.2 cm³/mol. The van der Waals surface area contributed by atoms with E-state index in [2.05, 4.69) is 6.92 Å². The van der Waals surface area contributed by atoms with Gasteiger partial charge in [0.25, 0.3) is 0 Å². The molecule has 2 heteroatoms. The first kappa shape index (κ1) is 13.5. The Labute approximate surface area is 88.0 Å². The van der Waals surface area contributed by atoms with Gasteiger partial charge in [0.2, 0.25) is 0 Å². The van der Waals surface area contributed by atoms with Crippen LogP contribution in [0.5, 0.6) is 0 Å². The molecular formula is C12H24O2. The van der Waals surface area contributed by atoms with Crippen molar-refractivity contribution in [1.29, 1.82) is 0 Å². The molecule has 0 aromatic carbocycles. The molecule has 84 valence electrons. The van der Waals surface area contributed by atoms with Crippen LogP contribution in [0.15, 0.2) is 0 Å². The largest absolute Gasteiger partial charge is 0.460 e. The fourth-order valence-corrected chi connectivity index (χ4v) is 1.27. The summed E-state index contributed by atoms with van der Waals surface area (Å²) in [5.41, 5.74) is -0.333. The van der Waals surface area contributed by atoms with E-state index in [1.54, 1.807) is 0 Å². The predicted octanol–water partition coefficient (Wildman–Crippen LogP) is 3.69. The van der Waals surface area contributed by atoms with Gasteiger partial charge in [-0.2, -0.15) is 0 Å². The Morgan fingerprint density at radius 2 is 1.64 bits per heavy atom. The molecule has 2 nitrogen and oxygen atoms in total. The smallest absolute Gasteiger partial charge is 0.306 e. The average Bonchev–Trinajstić information content (AvgIpc) is 2.00. The Hall–Kier alpha value is -0.530. The topological polar surface area (TPSA) is 26.3 Å². The van der Waals surface area contributed by atoms with Gasteiger partial charge in [-0.1, -0.05) is 32.6 Å². The van der Waals surface area contributed by atoms with Gasteiger partial charge in [0.05, 0.1) is 0 Å². The van der Waals surface area contributed by atoms with Crippen LogP contribution in [0.25, 0.3) is 0 Å². The highest BCUT2D eigenvalue weighted by Crippen LogP contribution is 2.11. The number of rotatable bonds is 6. The van der Waals surface area contributed by atoms with E-state index >= 15 is 0 Å². The van der Waals surface area contributed by atoms with Crippen molar-refractivity contribution in [3.63, 3.8) is 0 Å². The summed E-state index contributed by atoms with van der Waals surface area (Å²) in [6.45, 7) is 7.90. The molecule has 0 aliphatic carbocycles. The number of carbonyl (C=O) groups is 1. The minimum absolute atomic E-state index is 0.0611. The molecule has 0 bridgehead atoms. The minimum Gasteiger partial charge on any atom is -0.460 e. The van der Waals surface area contributed by atoms with Gasteiger partial charge in [0, 0.05) is 6.42 Å². The molecule has 0 atom stereocenters. The van der Waals surface area contributed by atoms with Gasteiger partial charge in [-0.15, -0.1) is 0 Å². The van der Waals surface area contributed by atoms with E-state index in [4.69, 9.17) is 4.74 Å². The molecule has 0 heterocycles. The summed E-state index contributed by atoms with van der Waals surface area (Å²) in [6.07, 6.45) is 6.43. The number of ether oxygens (including phenoxy) is 1. The number of hydrogen-bond donors (Lipinski definition) is 0. The van der Waals surface area contributed by atoms with Crippen molar-refractivity contribution in [3.05, 3.63) is 0 Å². The third-order valence-corrected chi connectivity index (χ3v) is 1.90. The van der Waals surface area contributed by atoms with Gasteiger partial charge in [0.1, 0.15) is 5.60 Å². The van der Waals surface area contributed by atoms with Crippen molar-refractivity contribution < 1.29 is 9.53 Å². The second kappa shape index (κ2) is 6.86. The highest BCUT2D eigenvalue weighted by Gasteiger charge is 2.15. The van der Waals surface area contributed by atoms with Crippen molar-refractivity contribution in [1.82, 2.24) is 0 Å². The van der Waals surface area contributed by atoms with Crippen LogP contribution < -0.4 is 0 Å². The van der Waals surface area contributed by atoms with Gasteiger partial charge in [-0.3, -0.25) is 4.79 Å². The van der Waals surface area contributed by atoms with Crippen LogP contribution in [0.1, 0.15) is 66.2 Å². The summed E-state index contributed by atoms with van der Waals surface area (Å²) < 4.78 is 5.21. The quantitative estimate of drug-likeness (QED) is 0.481. The lowest BCUT2D eigenvalue weighted by Gasteiger charge is -2.19. The minimum atomic E-state index is -0.333. The van der Waals surface area contributed by atoms with E-state index in [0.29, 0.717) is 6.42 Å². The Kier molecular flexibility index (Phi) is 6.60. The maximum atomic E-state index is 11.3. The second-order valence-electron chi connectivity index (χ2n) is 4.75. The molecule has 0 aliphatic rings. The van der Waals surface area contributed by atoms with Gasteiger partial charge in [0.15, 0.2) is 0 Å². The van der Waals surface area contributed by atoms with E-state index < -0.39 is 0 Å². The van der Waals surface area contributed by atoms with Crippen molar-refractivity contribution in [3.8, 4) is 0 Å². The molecule has 0 aromatic rings. The number of unbranched alkanes of at least 4 members (excludes halogenated alkanes) is 4. The van der Waals surface area contributed by atoms with Gasteiger partial charge in [-0.25, -0.2) is 0 Å². The van der Waals surface area contributed by atoms with Gasteiger partial charge in [-0.05, 0) is 27.2 Å². The summed E-state index contributed by atoms with van der Waals surface area (Å²) in [4.78, 5) is 11.3. The maximum absolute atomic E-state index is 11.3. The normalized spacial score (nSPS) is 11.4. The number of hydrogen-bond acceptors (Lipinski definition) is 2. The highest BCUT2D eigenvalue weighted by molar-refractivity contribution is 5.69. The Balaban J connectivity index is 3.36. The summed E-state index contributed by atoms with van der Waals surface area (Å²) in [7, 11) is 0. The van der Waals surface area contributed by atoms with Crippen LogP contribution in [0.2, 0.25) is 0 Å². The Morgan fingerprint density at radius 1 is 1.07 bits per heavy atom. The van der Waals surface area contributed by atoms with E-state index in [0.717, 1.165) is 12.8 Å². The zero-order valence-corrected chi connectivity index (χ0v) is 10.1. The zero-order chi connectivity index (χ0) is 11.0. The summed E-state index contributed by atoms with van der Waals surface area (Å²) >= 11 is 0. The molecule has 0 saturated heterocycles. The third-order valence-electron chi connectivity index (χ3n) is 1.90. The fraction of sp³-hybridized carbons (Fsp3) is 0.917. The summed E-state index contributed by atoms with van der Waals surface area (Å²) in [5.74, 6) is -0.0611. The first-order chi connectivity index (χ1) is 6.45.